The zero-order valence-corrected chi connectivity index (χ0v) is 16.2. The first-order valence-corrected chi connectivity index (χ1v) is 9.33. The predicted octanol–water partition coefficient (Wildman–Crippen LogP) is 4.52. The van der Waals surface area contributed by atoms with Gasteiger partial charge in [-0.25, -0.2) is 0 Å². The Morgan fingerprint density at radius 2 is 1.11 bits per heavy atom. The number of carbonyl (C=O) groups excluding carboxylic acids is 2. The van der Waals surface area contributed by atoms with Crippen LogP contribution >= 0.6 is 0 Å². The van der Waals surface area contributed by atoms with Gasteiger partial charge in [-0.05, 0) is 63.8 Å². The molecule has 0 fully saturated rings. The number of phenols is 2. The van der Waals surface area contributed by atoms with Gasteiger partial charge in [-0.1, -0.05) is 12.1 Å². The molecule has 2 N–H and O–H groups in total. The second-order valence-corrected chi connectivity index (χ2v) is 6.52. The normalized spacial score (nSPS) is 10.5. The number of carbonyl (C=O) groups is 2. The summed E-state index contributed by atoms with van der Waals surface area (Å²) in [5, 5.41) is 19.5. The number of ketones is 2. The molecule has 0 saturated carbocycles. The van der Waals surface area contributed by atoms with Crippen LogP contribution in [0.3, 0.4) is 0 Å². The molecule has 6 heteroatoms. The molecule has 0 bridgehead atoms. The molecular formula is C22H26O6. The Kier molecular flexibility index (Phi) is 7.87. The molecule has 0 saturated heterocycles. The third-order valence-electron chi connectivity index (χ3n) is 4.27. The van der Waals surface area contributed by atoms with E-state index in [4.69, 9.17) is 9.47 Å². The maximum absolute atomic E-state index is 11.6. The molecule has 0 heterocycles. The number of aromatic hydroxyl groups is 2. The Hall–Kier alpha value is -3.02. The Balaban J connectivity index is 1.69. The van der Waals surface area contributed by atoms with Crippen molar-refractivity contribution in [2.24, 2.45) is 0 Å². The lowest BCUT2D eigenvalue weighted by molar-refractivity contribution is 0.0997. The van der Waals surface area contributed by atoms with Gasteiger partial charge in [-0.2, -0.15) is 0 Å². The number of unbranched alkanes of at least 4 members (excludes halogenated alkanes) is 3. The van der Waals surface area contributed by atoms with Crippen molar-refractivity contribution in [2.75, 3.05) is 13.2 Å². The van der Waals surface area contributed by atoms with Crippen molar-refractivity contribution in [1.29, 1.82) is 0 Å². The number of hydrogen-bond acceptors (Lipinski definition) is 6. The van der Waals surface area contributed by atoms with Crippen LogP contribution in [0.15, 0.2) is 36.4 Å². The second-order valence-electron chi connectivity index (χ2n) is 6.52. The number of rotatable bonds is 11. The molecule has 0 radical (unpaired) electrons. The van der Waals surface area contributed by atoms with E-state index in [-0.39, 0.29) is 34.2 Å². The molecule has 0 atom stereocenters. The van der Waals surface area contributed by atoms with E-state index in [9.17, 15) is 19.8 Å². The van der Waals surface area contributed by atoms with Crippen molar-refractivity contribution < 1.29 is 29.3 Å². The smallest absolute Gasteiger partial charge is 0.167 e. The number of Topliss-reactive ketones (excluding diaryl/α,β-unsaturated/α-hetero) is 2. The Morgan fingerprint density at radius 3 is 1.46 bits per heavy atom. The van der Waals surface area contributed by atoms with Crippen molar-refractivity contribution in [3.8, 4) is 23.0 Å². The van der Waals surface area contributed by atoms with Crippen LogP contribution in [0.2, 0.25) is 0 Å². The molecule has 2 rings (SSSR count). The summed E-state index contributed by atoms with van der Waals surface area (Å²) in [5.74, 6) is 0.190. The van der Waals surface area contributed by atoms with E-state index in [0.717, 1.165) is 25.7 Å². The maximum atomic E-state index is 11.6. The summed E-state index contributed by atoms with van der Waals surface area (Å²) < 4.78 is 11.3. The van der Waals surface area contributed by atoms with Crippen molar-refractivity contribution in [2.45, 2.75) is 39.5 Å². The van der Waals surface area contributed by atoms with E-state index >= 15 is 0 Å². The van der Waals surface area contributed by atoms with Crippen LogP contribution in [-0.4, -0.2) is 35.0 Å². The summed E-state index contributed by atoms with van der Waals surface area (Å²) in [4.78, 5) is 23.2. The molecule has 28 heavy (non-hydrogen) atoms. The quantitative estimate of drug-likeness (QED) is 0.436. The van der Waals surface area contributed by atoms with Crippen LogP contribution in [0, 0.1) is 0 Å². The Labute approximate surface area is 164 Å². The average Bonchev–Trinajstić information content (AvgIpc) is 2.63. The van der Waals surface area contributed by atoms with Crippen molar-refractivity contribution in [3.05, 3.63) is 47.5 Å². The SMILES string of the molecule is CC(=O)c1c(O)cccc1OCCCCCCOc1cccc(O)c1C(C)=O. The highest BCUT2D eigenvalue weighted by molar-refractivity contribution is 6.00. The van der Waals surface area contributed by atoms with Crippen molar-refractivity contribution >= 4 is 11.6 Å². The van der Waals surface area contributed by atoms with Gasteiger partial charge in [0.2, 0.25) is 0 Å². The Morgan fingerprint density at radius 1 is 0.714 bits per heavy atom. The molecule has 0 unspecified atom stereocenters. The van der Waals surface area contributed by atoms with E-state index in [1.807, 2.05) is 0 Å². The molecule has 150 valence electrons. The lowest BCUT2D eigenvalue weighted by Crippen LogP contribution is -2.04. The third kappa shape index (κ3) is 5.74. The first kappa shape index (κ1) is 21.3. The third-order valence-corrected chi connectivity index (χ3v) is 4.27. The van der Waals surface area contributed by atoms with Gasteiger partial charge in [-0.3, -0.25) is 9.59 Å². The van der Waals surface area contributed by atoms with Crippen LogP contribution in [0.4, 0.5) is 0 Å². The van der Waals surface area contributed by atoms with Gasteiger partial charge in [0.25, 0.3) is 0 Å². The number of ether oxygens (including phenoxy) is 2. The van der Waals surface area contributed by atoms with Gasteiger partial charge >= 0.3 is 0 Å². The standard InChI is InChI=1S/C22H26O6/c1-15(23)21-17(25)9-7-11-19(21)27-13-5-3-4-6-14-28-20-12-8-10-18(26)22(20)16(2)24/h7-12,25-26H,3-6,13-14H2,1-2H3. The highest BCUT2D eigenvalue weighted by atomic mass is 16.5. The van der Waals surface area contributed by atoms with E-state index in [1.54, 1.807) is 24.3 Å². The molecule has 0 spiro atoms. The van der Waals surface area contributed by atoms with E-state index < -0.39 is 0 Å². The molecule has 2 aromatic carbocycles. The molecule has 0 aliphatic rings. The summed E-state index contributed by atoms with van der Waals surface area (Å²) in [5.41, 5.74) is 0.423. The minimum Gasteiger partial charge on any atom is -0.507 e. The Bertz CT molecular complexity index is 758. The van der Waals surface area contributed by atoms with Crippen LogP contribution < -0.4 is 9.47 Å². The topological polar surface area (TPSA) is 93.1 Å². The lowest BCUT2D eigenvalue weighted by Gasteiger charge is -2.12. The van der Waals surface area contributed by atoms with Crippen molar-refractivity contribution in [1.82, 2.24) is 0 Å². The molecule has 0 amide bonds. The lowest BCUT2D eigenvalue weighted by atomic mass is 10.1. The van der Waals surface area contributed by atoms with Gasteiger partial charge in [0, 0.05) is 0 Å². The monoisotopic (exact) mass is 386 g/mol. The molecule has 6 nitrogen and oxygen atoms in total. The first-order valence-electron chi connectivity index (χ1n) is 9.33. The summed E-state index contributed by atoms with van der Waals surface area (Å²) in [6.07, 6.45) is 3.43. The zero-order chi connectivity index (χ0) is 20.5. The fourth-order valence-corrected chi connectivity index (χ4v) is 2.91. The minimum absolute atomic E-state index is 0.0703. The summed E-state index contributed by atoms with van der Waals surface area (Å²) in [6.45, 7) is 3.69. The number of hydrogen-bond donors (Lipinski definition) is 2. The zero-order valence-electron chi connectivity index (χ0n) is 16.2. The maximum Gasteiger partial charge on any atom is 0.167 e. The average molecular weight is 386 g/mol. The number of benzene rings is 2. The van der Waals surface area contributed by atoms with Crippen LogP contribution in [0.5, 0.6) is 23.0 Å². The fraction of sp³-hybridized carbons (Fsp3) is 0.364. The van der Waals surface area contributed by atoms with Crippen LogP contribution in [0.25, 0.3) is 0 Å². The molecule has 0 aliphatic carbocycles. The fourth-order valence-electron chi connectivity index (χ4n) is 2.91. The summed E-state index contributed by atoms with van der Waals surface area (Å²) in [6, 6.07) is 9.57. The van der Waals surface area contributed by atoms with Gasteiger partial charge < -0.3 is 19.7 Å². The molecular weight excluding hydrogens is 360 g/mol. The molecule has 0 aromatic heterocycles. The van der Waals surface area contributed by atoms with Crippen LogP contribution in [-0.2, 0) is 0 Å². The van der Waals surface area contributed by atoms with E-state index in [1.165, 1.54) is 26.0 Å². The summed E-state index contributed by atoms with van der Waals surface area (Å²) in [7, 11) is 0. The highest BCUT2D eigenvalue weighted by Gasteiger charge is 2.14. The summed E-state index contributed by atoms with van der Waals surface area (Å²) >= 11 is 0. The first-order chi connectivity index (χ1) is 13.4. The van der Waals surface area contributed by atoms with Gasteiger partial charge in [-0.15, -0.1) is 0 Å². The second kappa shape index (κ2) is 10.3. The highest BCUT2D eigenvalue weighted by Crippen LogP contribution is 2.29. The molecule has 0 aliphatic heterocycles. The van der Waals surface area contributed by atoms with Crippen LogP contribution in [0.1, 0.15) is 60.2 Å². The number of phenolic OH excluding ortho intramolecular Hbond substituents is 2. The minimum atomic E-state index is -0.234. The van der Waals surface area contributed by atoms with Gasteiger partial charge in [0.1, 0.15) is 34.1 Å². The van der Waals surface area contributed by atoms with E-state index in [2.05, 4.69) is 0 Å². The van der Waals surface area contributed by atoms with Gasteiger partial charge in [0.05, 0.1) is 13.2 Å². The van der Waals surface area contributed by atoms with E-state index in [0.29, 0.717) is 24.7 Å². The molecule has 2 aromatic rings. The van der Waals surface area contributed by atoms with Gasteiger partial charge in [0.15, 0.2) is 11.6 Å². The predicted molar refractivity (Wildman–Crippen MR) is 106 cm³/mol. The van der Waals surface area contributed by atoms with Crippen molar-refractivity contribution in [3.63, 3.8) is 0 Å². The largest absolute Gasteiger partial charge is 0.507 e.